The van der Waals surface area contributed by atoms with E-state index in [4.69, 9.17) is 5.73 Å². The molecule has 0 spiro atoms. The van der Waals surface area contributed by atoms with Crippen molar-refractivity contribution in [3.8, 4) is 0 Å². The molecule has 1 aromatic heterocycles. The molecule has 0 saturated heterocycles. The highest BCUT2D eigenvalue weighted by molar-refractivity contribution is 5.35. The van der Waals surface area contributed by atoms with Crippen LogP contribution in [0.1, 0.15) is 20.8 Å². The molecule has 0 fully saturated rings. The van der Waals surface area contributed by atoms with E-state index in [9.17, 15) is 0 Å². The van der Waals surface area contributed by atoms with Gasteiger partial charge in [0.25, 0.3) is 0 Å². The van der Waals surface area contributed by atoms with E-state index in [-0.39, 0.29) is 0 Å². The average molecular weight is 180 g/mol. The molecule has 0 radical (unpaired) electrons. The minimum atomic E-state index is 0.349. The predicted octanol–water partition coefficient (Wildman–Crippen LogP) is 1.52. The molecule has 1 unspecified atom stereocenters. The first-order valence-electron chi connectivity index (χ1n) is 4.44. The molecule has 0 aliphatic heterocycles. The first-order chi connectivity index (χ1) is 6.09. The highest BCUT2D eigenvalue weighted by Gasteiger charge is 2.07. The molecule has 3 N–H and O–H groups in total. The molecular formula is C9H16N4. The molecule has 4 heteroatoms. The smallest absolute Gasteiger partial charge is 0.224 e. The van der Waals surface area contributed by atoms with E-state index in [1.54, 1.807) is 12.3 Å². The number of nitrogen functional groups attached to an aromatic ring is 1. The molecule has 0 saturated carbocycles. The highest BCUT2D eigenvalue weighted by Crippen LogP contribution is 2.08. The molecule has 0 aliphatic rings. The second kappa shape index (κ2) is 4.07. The van der Waals surface area contributed by atoms with Gasteiger partial charge in [-0.25, -0.2) is 4.98 Å². The van der Waals surface area contributed by atoms with Crippen LogP contribution in [-0.4, -0.2) is 16.0 Å². The van der Waals surface area contributed by atoms with Gasteiger partial charge in [-0.15, -0.1) is 0 Å². The topological polar surface area (TPSA) is 63.8 Å². The SMILES string of the molecule is CC(C)C(C)Nc1nccc(N)n1. The normalized spacial score (nSPS) is 12.9. The quantitative estimate of drug-likeness (QED) is 0.740. The zero-order chi connectivity index (χ0) is 9.84. The fourth-order valence-corrected chi connectivity index (χ4v) is 0.812. The van der Waals surface area contributed by atoms with Crippen LogP contribution in [0.25, 0.3) is 0 Å². The standard InChI is InChI=1S/C9H16N4/c1-6(2)7(3)12-9-11-5-4-8(10)13-9/h4-7H,1-3H3,(H3,10,11,12,13). The third kappa shape index (κ3) is 2.89. The predicted molar refractivity (Wildman–Crippen MR) is 54.4 cm³/mol. The molecule has 1 heterocycles. The van der Waals surface area contributed by atoms with Crippen LogP contribution in [0, 0.1) is 5.92 Å². The van der Waals surface area contributed by atoms with Gasteiger partial charge in [0.1, 0.15) is 5.82 Å². The molecule has 0 amide bonds. The number of aromatic nitrogens is 2. The number of anilines is 2. The number of hydrogen-bond donors (Lipinski definition) is 2. The maximum Gasteiger partial charge on any atom is 0.224 e. The Kier molecular flexibility index (Phi) is 3.06. The van der Waals surface area contributed by atoms with Gasteiger partial charge in [-0.2, -0.15) is 4.98 Å². The van der Waals surface area contributed by atoms with Crippen LogP contribution in [0.2, 0.25) is 0 Å². The average Bonchev–Trinajstić information content (AvgIpc) is 2.04. The Labute approximate surface area is 78.6 Å². The van der Waals surface area contributed by atoms with Crippen LogP contribution in [0.4, 0.5) is 11.8 Å². The molecular weight excluding hydrogens is 164 g/mol. The maximum atomic E-state index is 5.52. The summed E-state index contributed by atoms with van der Waals surface area (Å²) in [6, 6.07) is 2.02. The molecule has 0 bridgehead atoms. The Hall–Kier alpha value is -1.32. The van der Waals surface area contributed by atoms with Crippen LogP contribution < -0.4 is 11.1 Å². The third-order valence-corrected chi connectivity index (χ3v) is 2.03. The molecule has 4 nitrogen and oxygen atoms in total. The first-order valence-corrected chi connectivity index (χ1v) is 4.44. The fraction of sp³-hybridized carbons (Fsp3) is 0.556. The van der Waals surface area contributed by atoms with E-state index in [2.05, 4.69) is 36.1 Å². The minimum absolute atomic E-state index is 0.349. The first kappa shape index (κ1) is 9.77. The van der Waals surface area contributed by atoms with Gasteiger partial charge >= 0.3 is 0 Å². The van der Waals surface area contributed by atoms with E-state index in [1.807, 2.05) is 0 Å². The zero-order valence-electron chi connectivity index (χ0n) is 8.28. The highest BCUT2D eigenvalue weighted by atomic mass is 15.1. The lowest BCUT2D eigenvalue weighted by atomic mass is 10.1. The van der Waals surface area contributed by atoms with Gasteiger partial charge in [0, 0.05) is 12.2 Å². The van der Waals surface area contributed by atoms with Crippen molar-refractivity contribution in [2.24, 2.45) is 5.92 Å². The Balaban J connectivity index is 2.64. The minimum Gasteiger partial charge on any atom is -0.384 e. The van der Waals surface area contributed by atoms with Crippen molar-refractivity contribution < 1.29 is 0 Å². The fourth-order valence-electron chi connectivity index (χ4n) is 0.812. The summed E-state index contributed by atoms with van der Waals surface area (Å²) in [6.45, 7) is 6.38. The van der Waals surface area contributed by atoms with Crippen molar-refractivity contribution in [1.82, 2.24) is 9.97 Å². The van der Waals surface area contributed by atoms with Crippen molar-refractivity contribution in [3.63, 3.8) is 0 Å². The van der Waals surface area contributed by atoms with Crippen LogP contribution >= 0.6 is 0 Å². The van der Waals surface area contributed by atoms with Crippen molar-refractivity contribution in [2.75, 3.05) is 11.1 Å². The zero-order valence-corrected chi connectivity index (χ0v) is 8.28. The Morgan fingerprint density at radius 3 is 2.62 bits per heavy atom. The van der Waals surface area contributed by atoms with E-state index in [1.165, 1.54) is 0 Å². The molecule has 1 atom stereocenters. The summed E-state index contributed by atoms with van der Waals surface area (Å²) in [7, 11) is 0. The second-order valence-corrected chi connectivity index (χ2v) is 3.48. The van der Waals surface area contributed by atoms with E-state index in [0.29, 0.717) is 23.7 Å². The second-order valence-electron chi connectivity index (χ2n) is 3.48. The van der Waals surface area contributed by atoms with Gasteiger partial charge in [-0.1, -0.05) is 13.8 Å². The summed E-state index contributed by atoms with van der Waals surface area (Å²) in [5, 5.41) is 3.18. The van der Waals surface area contributed by atoms with Gasteiger partial charge in [-0.3, -0.25) is 0 Å². The monoisotopic (exact) mass is 180 g/mol. The van der Waals surface area contributed by atoms with Crippen molar-refractivity contribution in [1.29, 1.82) is 0 Å². The summed E-state index contributed by atoms with van der Waals surface area (Å²) in [4.78, 5) is 8.11. The largest absolute Gasteiger partial charge is 0.384 e. The van der Waals surface area contributed by atoms with E-state index in [0.717, 1.165) is 0 Å². The number of nitrogens with zero attached hydrogens (tertiary/aromatic N) is 2. The molecule has 0 aliphatic carbocycles. The van der Waals surface area contributed by atoms with Gasteiger partial charge in [0.05, 0.1) is 0 Å². The summed E-state index contributed by atoms with van der Waals surface area (Å²) in [5.74, 6) is 1.64. The van der Waals surface area contributed by atoms with Crippen molar-refractivity contribution in [2.45, 2.75) is 26.8 Å². The van der Waals surface area contributed by atoms with Crippen LogP contribution in [0.15, 0.2) is 12.3 Å². The summed E-state index contributed by atoms with van der Waals surface area (Å²) in [5.41, 5.74) is 5.52. The molecule has 72 valence electrons. The lowest BCUT2D eigenvalue weighted by Gasteiger charge is -2.16. The molecule has 1 aromatic rings. The number of rotatable bonds is 3. The Morgan fingerprint density at radius 1 is 1.38 bits per heavy atom. The molecule has 13 heavy (non-hydrogen) atoms. The number of hydrogen-bond acceptors (Lipinski definition) is 4. The van der Waals surface area contributed by atoms with Crippen LogP contribution in [-0.2, 0) is 0 Å². The summed E-state index contributed by atoms with van der Waals surface area (Å²) >= 11 is 0. The van der Waals surface area contributed by atoms with Gasteiger partial charge in [0.2, 0.25) is 5.95 Å². The lowest BCUT2D eigenvalue weighted by Crippen LogP contribution is -2.22. The van der Waals surface area contributed by atoms with Crippen molar-refractivity contribution in [3.05, 3.63) is 12.3 Å². The number of nitrogens with one attached hydrogen (secondary N) is 1. The van der Waals surface area contributed by atoms with E-state index < -0.39 is 0 Å². The summed E-state index contributed by atoms with van der Waals surface area (Å²) in [6.07, 6.45) is 1.65. The van der Waals surface area contributed by atoms with Crippen LogP contribution in [0.3, 0.4) is 0 Å². The molecule has 1 rings (SSSR count). The molecule has 0 aromatic carbocycles. The Bertz CT molecular complexity index is 272. The van der Waals surface area contributed by atoms with Crippen LogP contribution in [0.5, 0.6) is 0 Å². The maximum absolute atomic E-state index is 5.52. The van der Waals surface area contributed by atoms with Crippen molar-refractivity contribution >= 4 is 11.8 Å². The van der Waals surface area contributed by atoms with Gasteiger partial charge < -0.3 is 11.1 Å². The number of nitrogens with two attached hydrogens (primary N) is 1. The lowest BCUT2D eigenvalue weighted by molar-refractivity contribution is 0.556. The van der Waals surface area contributed by atoms with Gasteiger partial charge in [0.15, 0.2) is 0 Å². The Morgan fingerprint density at radius 2 is 2.08 bits per heavy atom. The third-order valence-electron chi connectivity index (χ3n) is 2.03. The van der Waals surface area contributed by atoms with Gasteiger partial charge in [-0.05, 0) is 18.9 Å². The van der Waals surface area contributed by atoms with E-state index >= 15 is 0 Å². The summed E-state index contributed by atoms with van der Waals surface area (Å²) < 4.78 is 0.